The predicted molar refractivity (Wildman–Crippen MR) is 551 cm³/mol. The first-order valence-electron chi connectivity index (χ1n) is 55.5. The van der Waals surface area contributed by atoms with Crippen molar-refractivity contribution in [2.75, 3.05) is 85.2 Å². The van der Waals surface area contributed by atoms with Gasteiger partial charge in [0.1, 0.15) is 12.2 Å². The first kappa shape index (κ1) is 123. The van der Waals surface area contributed by atoms with Crippen molar-refractivity contribution in [3.8, 4) is 0 Å². The van der Waals surface area contributed by atoms with Crippen LogP contribution in [0.2, 0.25) is 0 Å². The fourth-order valence-electron chi connectivity index (χ4n) is 24.1. The van der Waals surface area contributed by atoms with Gasteiger partial charge in [-0.25, -0.2) is 35.5 Å². The Morgan fingerprint density at radius 3 is 1.28 bits per heavy atom. The number of sulfonamides is 1. The highest BCUT2D eigenvalue weighted by Gasteiger charge is 2.43. The van der Waals surface area contributed by atoms with E-state index in [4.69, 9.17) is 24.4 Å². The molecule has 4 saturated heterocycles. The van der Waals surface area contributed by atoms with Gasteiger partial charge in [-0.3, -0.25) is 19.4 Å². The molecule has 0 radical (unpaired) electrons. The Kier molecular flexibility index (Phi) is 57.1. The molecule has 135 heavy (non-hydrogen) atoms. The summed E-state index contributed by atoms with van der Waals surface area (Å²) in [5, 5.41) is 40.7. The molecule has 3 amide bonds. The highest BCUT2D eigenvalue weighted by Crippen LogP contribution is 2.42. The Balaban J connectivity index is 0.000000269. The Hall–Kier alpha value is -2.78. The molecule has 13 fully saturated rings. The van der Waals surface area contributed by atoms with E-state index >= 15 is 0 Å². The Morgan fingerprint density at radius 1 is 0.459 bits per heavy atom. The lowest BCUT2D eigenvalue weighted by molar-refractivity contribution is -0.147. The van der Waals surface area contributed by atoms with Crippen LogP contribution in [0.15, 0.2) is 12.7 Å². The summed E-state index contributed by atoms with van der Waals surface area (Å²) in [6, 6.07) is 4.39. The van der Waals surface area contributed by atoms with Crippen LogP contribution in [0.1, 0.15) is 409 Å². The molecule has 19 unspecified atom stereocenters. The first-order chi connectivity index (χ1) is 63.5. The summed E-state index contributed by atoms with van der Waals surface area (Å²) in [6.07, 6.45) is 47.9. The third kappa shape index (κ3) is 49.6. The number of alkyl carbamates (subject to hydrolysis) is 1. The van der Waals surface area contributed by atoms with E-state index in [0.29, 0.717) is 111 Å². The van der Waals surface area contributed by atoms with Gasteiger partial charge in [-0.05, 0) is 275 Å². The number of amides is 3. The van der Waals surface area contributed by atoms with Crippen molar-refractivity contribution in [1.82, 2.24) is 40.7 Å². The number of carbonyl (C=O) groups is 3. The van der Waals surface area contributed by atoms with Gasteiger partial charge >= 0.3 is 6.09 Å². The lowest BCUT2D eigenvalue weighted by atomic mass is 9.74. The molecule has 9 aliphatic carbocycles. The number of piperidine rings is 2. The van der Waals surface area contributed by atoms with Crippen LogP contribution in [-0.2, 0) is 33.8 Å². The third-order valence-corrected chi connectivity index (χ3v) is 34.1. The first-order valence-corrected chi connectivity index (χ1v) is 57.4. The molecule has 4 aliphatic heterocycles. The van der Waals surface area contributed by atoms with Crippen LogP contribution in [0.4, 0.5) is 22.4 Å². The second-order valence-electron chi connectivity index (χ2n) is 48.4. The minimum absolute atomic E-state index is 0.00246. The van der Waals surface area contributed by atoms with E-state index < -0.39 is 33.1 Å². The summed E-state index contributed by atoms with van der Waals surface area (Å²) in [7, 11) is -3.02. The summed E-state index contributed by atoms with van der Waals surface area (Å²) in [5.41, 5.74) is -1.18. The molecule has 0 aromatic rings. The molecule has 19 atom stereocenters. The maximum Gasteiger partial charge on any atom is 0.407 e. The van der Waals surface area contributed by atoms with Crippen molar-refractivity contribution in [2.45, 2.75) is 486 Å². The second-order valence-corrected chi connectivity index (χ2v) is 50.2. The molecular formula is C111H210F4N8O11S. The molecular weight excluding hydrogens is 1730 g/mol. The van der Waals surface area contributed by atoms with Crippen LogP contribution >= 0.6 is 0 Å². The zero-order valence-corrected chi connectivity index (χ0v) is 91.0. The number of halogens is 4. The fourth-order valence-corrected chi connectivity index (χ4v) is 24.9. The van der Waals surface area contributed by atoms with Gasteiger partial charge in [0.15, 0.2) is 0 Å². The lowest BCUT2D eigenvalue weighted by Crippen LogP contribution is -2.49. The maximum atomic E-state index is 13.4. The Bertz CT molecular complexity index is 3300. The van der Waals surface area contributed by atoms with Gasteiger partial charge in [0.05, 0.1) is 44.8 Å². The van der Waals surface area contributed by atoms with Gasteiger partial charge in [0.2, 0.25) is 21.8 Å². The summed E-state index contributed by atoms with van der Waals surface area (Å²) < 4.78 is 93.8. The molecule has 19 nitrogen and oxygen atoms in total. The summed E-state index contributed by atoms with van der Waals surface area (Å²) >= 11 is 0. The summed E-state index contributed by atoms with van der Waals surface area (Å²) in [4.78, 5) is 41.0. The highest BCUT2D eigenvalue weighted by atomic mass is 32.2. The molecule has 0 spiro atoms. The van der Waals surface area contributed by atoms with Crippen molar-refractivity contribution in [3.05, 3.63) is 12.7 Å². The summed E-state index contributed by atoms with van der Waals surface area (Å²) in [6.45, 7) is 56.8. The molecule has 24 heteroatoms. The van der Waals surface area contributed by atoms with Gasteiger partial charge in [-0.15, -0.1) is 0 Å². The largest absolute Gasteiger partial charge is 0.444 e. The van der Waals surface area contributed by atoms with Crippen LogP contribution < -0.4 is 26.0 Å². The molecule has 4 heterocycles. The van der Waals surface area contributed by atoms with Crippen molar-refractivity contribution in [3.63, 3.8) is 0 Å². The molecule has 8 N–H and O–H groups in total. The molecule has 0 aromatic heterocycles. The zero-order chi connectivity index (χ0) is 100. The fraction of sp³-hybridized carbons (Fsp3) is 0.955. The third-order valence-electron chi connectivity index (χ3n) is 33.3. The molecule has 13 aliphatic rings. The minimum Gasteiger partial charge on any atom is -0.444 e. The van der Waals surface area contributed by atoms with E-state index in [0.717, 1.165) is 187 Å². The second kappa shape index (κ2) is 62.8. The number of ether oxygens (including phenoxy) is 3. The quantitative estimate of drug-likeness (QED) is 0.0350. The number of nitrogens with zero attached hydrogens (tertiary/aromatic N) is 3. The minimum atomic E-state index is -3.02. The average Bonchev–Trinajstić information content (AvgIpc) is 1.19. The van der Waals surface area contributed by atoms with Crippen LogP contribution in [-0.4, -0.2) is 219 Å². The van der Waals surface area contributed by atoms with Crippen molar-refractivity contribution >= 4 is 27.9 Å². The zero-order valence-electron chi connectivity index (χ0n) is 90.2. The Morgan fingerprint density at radius 2 is 0.859 bits per heavy atom. The number of nitrogens with one attached hydrogen (secondary N) is 5. The number of aliphatic hydroxyl groups excluding tert-OH is 2. The van der Waals surface area contributed by atoms with E-state index in [1.807, 2.05) is 20.8 Å². The molecule has 0 aromatic carbocycles. The van der Waals surface area contributed by atoms with Crippen LogP contribution in [0.25, 0.3) is 0 Å². The van der Waals surface area contributed by atoms with Crippen molar-refractivity contribution in [2.24, 2.45) is 107 Å². The molecule has 0 bridgehead atoms. The normalized spacial score (nSPS) is 32.1. The van der Waals surface area contributed by atoms with E-state index in [1.54, 1.807) is 0 Å². The van der Waals surface area contributed by atoms with Crippen LogP contribution in [0, 0.1) is 107 Å². The highest BCUT2D eigenvalue weighted by molar-refractivity contribution is 7.88. The number of hydrogen-bond acceptors (Lipinski definition) is 15. The molecule has 13 rings (SSSR count). The topological polar surface area (TPSA) is 244 Å². The SMILES string of the molecule is C=CC(=O)NC1CCCC(C(C)C)C1.CC(C)C1CCCC(N2CCC(F)(F)CC2)C1.CC(C)C1CCCC(N2CCCC(F)(F)C2)C1.CC(C)C1CCCC(N2CCOCC2=O)C1.CC(C)C1CCCC(NC(=O)OC(C)(C)C)C1.CC(C)C1CCCC(NC2CCOC2)C1.CC(C)C1CCCC(NCCO)C1.CC(C)C1CCCC(NS(C)(=O)=O)C1.CC(C)C1CCCC(O)(CO)C1. The Labute approximate surface area is 824 Å². The van der Waals surface area contributed by atoms with Crippen molar-refractivity contribution < 1.29 is 69.9 Å². The van der Waals surface area contributed by atoms with E-state index in [9.17, 15) is 45.5 Å². The predicted octanol–water partition coefficient (Wildman–Crippen LogP) is 23.8. The smallest absolute Gasteiger partial charge is 0.407 e. The molecule has 794 valence electrons. The number of carbonyl (C=O) groups excluding carboxylic acids is 3. The number of alkyl halides is 4. The van der Waals surface area contributed by atoms with E-state index in [-0.39, 0.29) is 63.0 Å². The van der Waals surface area contributed by atoms with Gasteiger partial charge < -0.3 is 55.7 Å². The standard InChI is InChI=1S/2C14H25F2N.C14H27NO2.C13H23NO2.C13H25NO.C12H21NO.C11H23NO.C10H21NO2S.C10H20O2/c1-11(2)12-5-3-6-13(9-12)17-8-4-7-14(15,16)10-17;1-11(2)12-4-3-5-13(10-12)17-8-6-14(15,16)7-9-17;1-10(2)11-7-6-8-12(9-11)15-13(16)17-14(3,4)5;1-10(2)11-4-3-5-12(8-11)14-6-7-16-9-13(14)15;1-10(2)11-4-3-5-12(8-11)14-13-6-7-15-9-13;1-4-12(14)13-11-7-5-6-10(8-11)9(2)3;1-9(2)10-4-3-5-11(8-10)12-6-7-13;1-8(2)9-5-4-6-10(7-9)11-14(3,12)13;1-8(2)9-4-3-5-10(12,6-9)7-11/h2*11-13H,3-10H2,1-2H3;10-12H,6-9H2,1-5H3,(H,15,16);10-12H,3-9H2,1-2H3;10-14H,3-9H2,1-2H3;4,9-11H,1,5-8H2,2-3H3,(H,13,14);9-13H,3-8H2,1-2H3;8-11H,4-7H2,1-3H3;8-9,11-12H,3-7H2,1-2H3. The van der Waals surface area contributed by atoms with E-state index in [2.05, 4.69) is 172 Å². The number of hydrogen-bond donors (Lipinski definition) is 8. The van der Waals surface area contributed by atoms with Gasteiger partial charge in [-0.1, -0.05) is 240 Å². The monoisotopic (exact) mass is 1940 g/mol. The van der Waals surface area contributed by atoms with Gasteiger partial charge in [0, 0.05) is 106 Å². The number of aliphatic hydroxyl groups is 3. The van der Waals surface area contributed by atoms with Crippen molar-refractivity contribution in [1.29, 1.82) is 0 Å². The lowest BCUT2D eigenvalue weighted by Gasteiger charge is -2.42. The number of morpholine rings is 1. The average molecular weight is 1940 g/mol. The van der Waals surface area contributed by atoms with Gasteiger partial charge in [0.25, 0.3) is 11.8 Å². The number of likely N-dealkylation sites (tertiary alicyclic amines) is 2. The number of rotatable bonds is 23. The van der Waals surface area contributed by atoms with E-state index in [1.165, 1.54) is 173 Å². The maximum absolute atomic E-state index is 13.4. The molecule has 9 saturated carbocycles. The van der Waals surface area contributed by atoms with Crippen LogP contribution in [0.5, 0.6) is 0 Å². The van der Waals surface area contributed by atoms with Gasteiger partial charge in [-0.2, -0.15) is 0 Å². The van der Waals surface area contributed by atoms with Crippen LogP contribution in [0.3, 0.4) is 0 Å². The summed E-state index contributed by atoms with van der Waals surface area (Å²) in [5.74, 6) is 8.89.